The highest BCUT2D eigenvalue weighted by atomic mass is 16.5. The fourth-order valence-corrected chi connectivity index (χ4v) is 1.94. The van der Waals surface area contributed by atoms with Crippen molar-refractivity contribution in [1.82, 2.24) is 0 Å². The van der Waals surface area contributed by atoms with Crippen LogP contribution in [0.1, 0.15) is 32.8 Å². The molecule has 1 aromatic carbocycles. The summed E-state index contributed by atoms with van der Waals surface area (Å²) in [6.07, 6.45) is 0.723. The number of ether oxygens (including phenoxy) is 1. The molecule has 1 rings (SSSR count). The Morgan fingerprint density at radius 1 is 1.17 bits per heavy atom. The van der Waals surface area contributed by atoms with Crippen molar-refractivity contribution < 1.29 is 9.84 Å². The van der Waals surface area contributed by atoms with Crippen LogP contribution in [0.25, 0.3) is 0 Å². The predicted octanol–water partition coefficient (Wildman–Crippen LogP) is 2.08. The number of nitrogens with two attached hydrogens (primary N) is 1. The number of hydrogen-bond donors (Lipinski definition) is 2. The summed E-state index contributed by atoms with van der Waals surface area (Å²) in [4.78, 5) is 0. The van der Waals surface area contributed by atoms with Crippen LogP contribution >= 0.6 is 0 Å². The van der Waals surface area contributed by atoms with Crippen molar-refractivity contribution in [3.05, 3.63) is 35.9 Å². The lowest BCUT2D eigenvalue weighted by Gasteiger charge is -2.32. The molecule has 1 unspecified atom stereocenters. The molecule has 1 atom stereocenters. The van der Waals surface area contributed by atoms with E-state index in [1.54, 1.807) is 0 Å². The number of rotatable bonds is 6. The molecule has 3 heteroatoms. The van der Waals surface area contributed by atoms with E-state index in [4.69, 9.17) is 10.5 Å². The molecule has 0 heterocycles. The third kappa shape index (κ3) is 4.09. The minimum atomic E-state index is -0.396. The molecule has 0 saturated heterocycles. The minimum Gasteiger partial charge on any atom is -0.395 e. The molecule has 0 spiro atoms. The molecule has 102 valence electrons. The van der Waals surface area contributed by atoms with Crippen LogP contribution in [0.5, 0.6) is 0 Å². The Morgan fingerprint density at radius 2 is 1.78 bits per heavy atom. The van der Waals surface area contributed by atoms with Crippen LogP contribution in [-0.2, 0) is 10.2 Å². The van der Waals surface area contributed by atoms with Gasteiger partial charge in [-0.05, 0) is 32.8 Å². The van der Waals surface area contributed by atoms with Crippen molar-refractivity contribution in [3.63, 3.8) is 0 Å². The van der Waals surface area contributed by atoms with Crippen LogP contribution in [0.4, 0.5) is 0 Å². The zero-order chi connectivity index (χ0) is 13.6. The minimum absolute atomic E-state index is 0.0427. The van der Waals surface area contributed by atoms with Crippen molar-refractivity contribution in [2.45, 2.75) is 38.2 Å². The summed E-state index contributed by atoms with van der Waals surface area (Å²) >= 11 is 0. The van der Waals surface area contributed by atoms with Gasteiger partial charge in [0.1, 0.15) is 0 Å². The molecular formula is C15H25NO2. The van der Waals surface area contributed by atoms with E-state index in [0.29, 0.717) is 13.2 Å². The molecule has 0 aromatic heterocycles. The molecule has 0 saturated carbocycles. The van der Waals surface area contributed by atoms with Crippen molar-refractivity contribution in [2.24, 2.45) is 5.73 Å². The SMILES string of the molecule is CC(C)(C)OCCC(CN)(CO)c1ccccc1. The van der Waals surface area contributed by atoms with E-state index in [2.05, 4.69) is 0 Å². The van der Waals surface area contributed by atoms with E-state index < -0.39 is 5.41 Å². The highest BCUT2D eigenvalue weighted by molar-refractivity contribution is 5.26. The summed E-state index contributed by atoms with van der Waals surface area (Å²) in [5.74, 6) is 0. The monoisotopic (exact) mass is 251 g/mol. The molecule has 0 bridgehead atoms. The van der Waals surface area contributed by atoms with E-state index in [-0.39, 0.29) is 12.2 Å². The fraction of sp³-hybridized carbons (Fsp3) is 0.600. The van der Waals surface area contributed by atoms with Gasteiger partial charge in [-0.25, -0.2) is 0 Å². The maximum absolute atomic E-state index is 9.72. The molecule has 0 amide bonds. The molecule has 0 aliphatic heterocycles. The van der Waals surface area contributed by atoms with Gasteiger partial charge in [-0.15, -0.1) is 0 Å². The van der Waals surface area contributed by atoms with Gasteiger partial charge in [-0.2, -0.15) is 0 Å². The van der Waals surface area contributed by atoms with Gasteiger partial charge in [-0.1, -0.05) is 30.3 Å². The standard InChI is InChI=1S/C15H25NO2/c1-14(2,3)18-10-9-15(11-16,12-17)13-7-5-4-6-8-13/h4-8,17H,9-12,16H2,1-3H3. The van der Waals surface area contributed by atoms with Gasteiger partial charge in [-0.3, -0.25) is 0 Å². The van der Waals surface area contributed by atoms with Crippen molar-refractivity contribution in [3.8, 4) is 0 Å². The van der Waals surface area contributed by atoms with Gasteiger partial charge in [0.05, 0.1) is 12.2 Å². The number of benzene rings is 1. The summed E-state index contributed by atoms with van der Waals surface area (Å²) < 4.78 is 5.74. The third-order valence-electron chi connectivity index (χ3n) is 3.20. The molecule has 0 fully saturated rings. The summed E-state index contributed by atoms with van der Waals surface area (Å²) in [7, 11) is 0. The summed E-state index contributed by atoms with van der Waals surface area (Å²) in [5.41, 5.74) is 6.40. The molecule has 3 N–H and O–H groups in total. The van der Waals surface area contributed by atoms with Crippen molar-refractivity contribution in [1.29, 1.82) is 0 Å². The zero-order valence-corrected chi connectivity index (χ0v) is 11.6. The van der Waals surface area contributed by atoms with Gasteiger partial charge in [0.25, 0.3) is 0 Å². The summed E-state index contributed by atoms with van der Waals surface area (Å²) in [6, 6.07) is 9.94. The van der Waals surface area contributed by atoms with Crippen LogP contribution in [0.15, 0.2) is 30.3 Å². The third-order valence-corrected chi connectivity index (χ3v) is 3.20. The smallest absolute Gasteiger partial charge is 0.0598 e. The molecule has 0 radical (unpaired) electrons. The first-order valence-electron chi connectivity index (χ1n) is 6.44. The Balaban J connectivity index is 2.76. The molecule has 1 aromatic rings. The first-order chi connectivity index (χ1) is 8.43. The molecular weight excluding hydrogens is 226 g/mol. The van der Waals surface area contributed by atoms with E-state index in [1.165, 1.54) is 0 Å². The van der Waals surface area contributed by atoms with Crippen LogP contribution in [0.2, 0.25) is 0 Å². The lowest BCUT2D eigenvalue weighted by Crippen LogP contribution is -2.40. The van der Waals surface area contributed by atoms with E-state index in [9.17, 15) is 5.11 Å². The number of aliphatic hydroxyl groups is 1. The second-order valence-corrected chi connectivity index (χ2v) is 5.72. The first kappa shape index (κ1) is 15.2. The van der Waals surface area contributed by atoms with Crippen LogP contribution in [-0.4, -0.2) is 30.5 Å². The van der Waals surface area contributed by atoms with Crippen molar-refractivity contribution >= 4 is 0 Å². The highest BCUT2D eigenvalue weighted by Gasteiger charge is 2.30. The van der Waals surface area contributed by atoms with E-state index in [0.717, 1.165) is 12.0 Å². The second kappa shape index (κ2) is 6.32. The van der Waals surface area contributed by atoms with E-state index >= 15 is 0 Å². The summed E-state index contributed by atoms with van der Waals surface area (Å²) in [6.45, 7) is 7.13. The predicted molar refractivity (Wildman–Crippen MR) is 74.6 cm³/mol. The van der Waals surface area contributed by atoms with Crippen LogP contribution in [0, 0.1) is 0 Å². The van der Waals surface area contributed by atoms with Gasteiger partial charge < -0.3 is 15.6 Å². The first-order valence-corrected chi connectivity index (χ1v) is 6.44. The number of aliphatic hydroxyl groups excluding tert-OH is 1. The van der Waals surface area contributed by atoms with Gasteiger partial charge in [0.2, 0.25) is 0 Å². The molecule has 0 aliphatic carbocycles. The number of hydrogen-bond acceptors (Lipinski definition) is 3. The van der Waals surface area contributed by atoms with Gasteiger partial charge >= 0.3 is 0 Å². The van der Waals surface area contributed by atoms with Crippen LogP contribution < -0.4 is 5.73 Å². The highest BCUT2D eigenvalue weighted by Crippen LogP contribution is 2.27. The Bertz CT molecular complexity index is 339. The average Bonchev–Trinajstić information content (AvgIpc) is 2.35. The quantitative estimate of drug-likeness (QED) is 0.814. The maximum Gasteiger partial charge on any atom is 0.0598 e. The average molecular weight is 251 g/mol. The Hall–Kier alpha value is -0.900. The lowest BCUT2D eigenvalue weighted by atomic mass is 9.78. The van der Waals surface area contributed by atoms with E-state index in [1.807, 2.05) is 51.1 Å². The Morgan fingerprint density at radius 3 is 2.22 bits per heavy atom. The fourth-order valence-electron chi connectivity index (χ4n) is 1.94. The van der Waals surface area contributed by atoms with Gasteiger partial charge in [0.15, 0.2) is 0 Å². The molecule has 0 aliphatic rings. The summed E-state index contributed by atoms with van der Waals surface area (Å²) in [5, 5.41) is 9.72. The molecule has 18 heavy (non-hydrogen) atoms. The zero-order valence-electron chi connectivity index (χ0n) is 11.6. The normalized spacial score (nSPS) is 15.4. The Labute approximate surface area is 110 Å². The lowest BCUT2D eigenvalue weighted by molar-refractivity contribution is -0.0153. The maximum atomic E-state index is 9.72. The van der Waals surface area contributed by atoms with Crippen molar-refractivity contribution in [2.75, 3.05) is 19.8 Å². The largest absolute Gasteiger partial charge is 0.395 e. The topological polar surface area (TPSA) is 55.5 Å². The second-order valence-electron chi connectivity index (χ2n) is 5.72. The molecule has 3 nitrogen and oxygen atoms in total. The van der Waals surface area contributed by atoms with Crippen LogP contribution in [0.3, 0.4) is 0 Å². The van der Waals surface area contributed by atoms with Gasteiger partial charge in [0, 0.05) is 18.6 Å². The Kier molecular flexibility index (Phi) is 5.32.